The summed E-state index contributed by atoms with van der Waals surface area (Å²) in [5.74, 6) is 0. The molecular formula is C7H7N2Na2O4P. The van der Waals surface area contributed by atoms with Crippen LogP contribution >= 0.6 is 7.82 Å². The Bertz CT molecular complexity index is 420. The number of aromatic nitrogens is 2. The quantitative estimate of drug-likeness (QED) is 0.361. The number of nitrogens with one attached hydrogen (secondary N) is 1. The topological polar surface area (TPSA) is 112 Å². The summed E-state index contributed by atoms with van der Waals surface area (Å²) in [6, 6.07) is 7.94. The van der Waals surface area contributed by atoms with Crippen LogP contribution in [-0.2, 0) is 4.57 Å². The van der Waals surface area contributed by atoms with Crippen LogP contribution in [0.25, 0.3) is 11.0 Å². The van der Waals surface area contributed by atoms with Crippen LogP contribution in [0.4, 0.5) is 0 Å². The van der Waals surface area contributed by atoms with Gasteiger partial charge in [0.05, 0.1) is 25.2 Å². The SMILES string of the molecule is O=P([O-])([O-])O.[Na+].[Na+].c1ccc2[nH]cnc2c1. The third kappa shape index (κ3) is 8.90. The summed E-state index contributed by atoms with van der Waals surface area (Å²) >= 11 is 0. The van der Waals surface area contributed by atoms with E-state index in [9.17, 15) is 0 Å². The number of H-pyrrole nitrogens is 1. The first kappa shape index (κ1) is 19.1. The van der Waals surface area contributed by atoms with E-state index >= 15 is 0 Å². The van der Waals surface area contributed by atoms with Crippen LogP contribution in [0.15, 0.2) is 30.6 Å². The number of aromatic amines is 1. The van der Waals surface area contributed by atoms with Gasteiger partial charge in [0.1, 0.15) is 0 Å². The van der Waals surface area contributed by atoms with Crippen molar-refractivity contribution >= 4 is 18.9 Å². The fourth-order valence-electron chi connectivity index (χ4n) is 0.880. The largest absolute Gasteiger partial charge is 1.00 e. The summed E-state index contributed by atoms with van der Waals surface area (Å²) in [6.07, 6.45) is 1.70. The molecule has 1 aromatic heterocycles. The zero-order valence-corrected chi connectivity index (χ0v) is 13.8. The molecule has 0 bridgehead atoms. The average Bonchev–Trinajstić information content (AvgIpc) is 2.47. The number of hydrogen-bond acceptors (Lipinski definition) is 4. The summed E-state index contributed by atoms with van der Waals surface area (Å²) in [5, 5.41) is 0. The van der Waals surface area contributed by atoms with E-state index < -0.39 is 7.82 Å². The Balaban J connectivity index is 0. The Kier molecular flexibility index (Phi) is 10.6. The van der Waals surface area contributed by atoms with Gasteiger partial charge in [0.2, 0.25) is 0 Å². The molecule has 76 valence electrons. The molecule has 2 rings (SSSR count). The number of nitrogens with zero attached hydrogens (tertiary/aromatic N) is 1. The van der Waals surface area contributed by atoms with Gasteiger partial charge in [-0.2, -0.15) is 0 Å². The number of para-hydroxylation sites is 2. The summed E-state index contributed by atoms with van der Waals surface area (Å²) in [5.41, 5.74) is 2.12. The van der Waals surface area contributed by atoms with Crippen LogP contribution in [0.1, 0.15) is 0 Å². The number of fused-ring (bicyclic) bond motifs is 1. The van der Waals surface area contributed by atoms with Gasteiger partial charge in [0.15, 0.2) is 0 Å². The molecule has 2 N–H and O–H groups in total. The van der Waals surface area contributed by atoms with Crippen molar-refractivity contribution in [1.82, 2.24) is 9.97 Å². The van der Waals surface area contributed by atoms with Crippen molar-refractivity contribution in [1.29, 1.82) is 0 Å². The molecule has 0 atom stereocenters. The third-order valence-corrected chi connectivity index (χ3v) is 1.33. The summed E-state index contributed by atoms with van der Waals surface area (Å²) < 4.78 is 8.66. The normalized spacial score (nSPS) is 9.44. The second-order valence-corrected chi connectivity index (χ2v) is 3.33. The van der Waals surface area contributed by atoms with Crippen molar-refractivity contribution in [3.05, 3.63) is 30.6 Å². The van der Waals surface area contributed by atoms with Crippen LogP contribution in [0, 0.1) is 0 Å². The number of benzene rings is 1. The molecule has 0 radical (unpaired) electrons. The fraction of sp³-hybridized carbons (Fsp3) is 0. The predicted octanol–water partition coefficient (Wildman–Crippen LogP) is -6.62. The summed E-state index contributed by atoms with van der Waals surface area (Å²) in [4.78, 5) is 31.4. The van der Waals surface area contributed by atoms with Gasteiger partial charge in [0, 0.05) is 0 Å². The molecule has 0 aliphatic heterocycles. The van der Waals surface area contributed by atoms with Crippen molar-refractivity contribution in [3.8, 4) is 0 Å². The van der Waals surface area contributed by atoms with E-state index in [0.29, 0.717) is 0 Å². The molecule has 9 heteroatoms. The number of imidazole rings is 1. The Labute approximate surface area is 136 Å². The van der Waals surface area contributed by atoms with E-state index in [4.69, 9.17) is 19.2 Å². The molecular weight excluding hydrogens is 253 g/mol. The second kappa shape index (κ2) is 8.83. The minimum atomic E-state index is -5.14. The first-order valence-corrected chi connectivity index (χ1v) is 5.09. The first-order valence-electron chi connectivity index (χ1n) is 3.60. The van der Waals surface area contributed by atoms with E-state index in [-0.39, 0.29) is 59.1 Å². The molecule has 1 aromatic carbocycles. The van der Waals surface area contributed by atoms with Crippen molar-refractivity contribution in [3.63, 3.8) is 0 Å². The van der Waals surface area contributed by atoms with Gasteiger partial charge >= 0.3 is 59.1 Å². The fourth-order valence-corrected chi connectivity index (χ4v) is 0.880. The monoisotopic (exact) mass is 260 g/mol. The molecule has 0 unspecified atom stereocenters. The van der Waals surface area contributed by atoms with Crippen molar-refractivity contribution < 1.29 is 78.4 Å². The van der Waals surface area contributed by atoms with Crippen molar-refractivity contribution in [2.24, 2.45) is 0 Å². The van der Waals surface area contributed by atoms with Gasteiger partial charge < -0.3 is 24.2 Å². The number of phosphoric acid groups is 1. The molecule has 16 heavy (non-hydrogen) atoms. The van der Waals surface area contributed by atoms with Crippen LogP contribution in [0.5, 0.6) is 0 Å². The number of rotatable bonds is 0. The molecule has 0 saturated carbocycles. The van der Waals surface area contributed by atoms with Crippen LogP contribution < -0.4 is 68.9 Å². The zero-order valence-electron chi connectivity index (χ0n) is 8.95. The molecule has 0 fully saturated rings. The maximum absolute atomic E-state index is 8.66. The standard InChI is InChI=1S/C7H6N2.2Na.H3O4P/c1-2-4-7-6(3-1)8-5-9-7;;;1-5(2,3)4/h1-5H,(H,8,9);;;(H3,1,2,3,4)/q;2*+1;/p-2. The van der Waals surface area contributed by atoms with Crippen molar-refractivity contribution in [2.45, 2.75) is 0 Å². The Morgan fingerprint density at radius 1 is 1.25 bits per heavy atom. The van der Waals surface area contributed by atoms with E-state index in [1.165, 1.54) is 0 Å². The zero-order chi connectivity index (χ0) is 10.6. The van der Waals surface area contributed by atoms with E-state index in [2.05, 4.69) is 9.97 Å². The predicted molar refractivity (Wildman–Crippen MR) is 45.9 cm³/mol. The average molecular weight is 260 g/mol. The Hall–Kier alpha value is 0.800. The van der Waals surface area contributed by atoms with Crippen LogP contribution in [0.2, 0.25) is 0 Å². The maximum Gasteiger partial charge on any atom is 1.00 e. The van der Waals surface area contributed by atoms with E-state index in [1.54, 1.807) is 6.33 Å². The van der Waals surface area contributed by atoms with E-state index in [1.807, 2.05) is 24.3 Å². The second-order valence-electron chi connectivity index (χ2n) is 2.39. The Morgan fingerprint density at radius 3 is 2.25 bits per heavy atom. The smallest absolute Gasteiger partial charge is 0.790 e. The van der Waals surface area contributed by atoms with Gasteiger partial charge in [0.25, 0.3) is 0 Å². The minimum absolute atomic E-state index is 0. The van der Waals surface area contributed by atoms with Gasteiger partial charge in [-0.1, -0.05) is 12.1 Å². The molecule has 0 aliphatic rings. The molecule has 0 amide bonds. The van der Waals surface area contributed by atoms with Crippen LogP contribution in [-0.4, -0.2) is 14.9 Å². The van der Waals surface area contributed by atoms with E-state index in [0.717, 1.165) is 11.0 Å². The summed E-state index contributed by atoms with van der Waals surface area (Å²) in [6.45, 7) is 0. The van der Waals surface area contributed by atoms with Crippen molar-refractivity contribution in [2.75, 3.05) is 0 Å². The van der Waals surface area contributed by atoms with Crippen LogP contribution in [0.3, 0.4) is 0 Å². The maximum atomic E-state index is 8.66. The summed E-state index contributed by atoms with van der Waals surface area (Å²) in [7, 11) is -5.14. The molecule has 0 aliphatic carbocycles. The third-order valence-electron chi connectivity index (χ3n) is 1.33. The molecule has 1 heterocycles. The Morgan fingerprint density at radius 2 is 1.75 bits per heavy atom. The number of hydrogen-bond donors (Lipinski definition) is 2. The van der Waals surface area contributed by atoms with Gasteiger partial charge in [-0.3, -0.25) is 0 Å². The molecule has 0 saturated heterocycles. The molecule has 0 spiro atoms. The van der Waals surface area contributed by atoms with Gasteiger partial charge in [-0.25, -0.2) is 4.98 Å². The van der Waals surface area contributed by atoms with Gasteiger partial charge in [-0.15, -0.1) is 0 Å². The first-order chi connectivity index (χ1) is 6.47. The molecule has 2 aromatic rings. The molecule has 6 nitrogen and oxygen atoms in total. The minimum Gasteiger partial charge on any atom is -0.790 e. The van der Waals surface area contributed by atoms with Gasteiger partial charge in [-0.05, 0) is 12.1 Å².